The van der Waals surface area contributed by atoms with Crippen LogP contribution >= 0.6 is 23.2 Å². The fourth-order valence-corrected chi connectivity index (χ4v) is 4.38. The van der Waals surface area contributed by atoms with Gasteiger partial charge in [0.25, 0.3) is 0 Å². The van der Waals surface area contributed by atoms with Crippen molar-refractivity contribution in [2.45, 2.75) is 91.8 Å². The van der Waals surface area contributed by atoms with E-state index in [0.717, 1.165) is 0 Å². The first-order chi connectivity index (χ1) is 20.2. The minimum absolute atomic E-state index is 0.0163. The van der Waals surface area contributed by atoms with Gasteiger partial charge in [0.05, 0.1) is 24.3 Å². The smallest absolute Gasteiger partial charge is 0.340 e. The van der Waals surface area contributed by atoms with Crippen LogP contribution in [0.4, 0.5) is 0 Å². The summed E-state index contributed by atoms with van der Waals surface area (Å²) in [5.74, 6) is -1.22. The third kappa shape index (κ3) is 9.86. The maximum atomic E-state index is 12.2. The van der Waals surface area contributed by atoms with Crippen molar-refractivity contribution in [1.82, 2.24) is 0 Å². The number of aliphatic hydroxyl groups is 2. The molecule has 2 aliphatic heterocycles. The van der Waals surface area contributed by atoms with Crippen molar-refractivity contribution >= 4 is 35.1 Å². The van der Waals surface area contributed by atoms with Crippen molar-refractivity contribution < 1.29 is 48.2 Å². The van der Waals surface area contributed by atoms with Gasteiger partial charge in [-0.25, -0.2) is 9.59 Å². The van der Waals surface area contributed by atoms with Crippen molar-refractivity contribution in [3.63, 3.8) is 0 Å². The van der Waals surface area contributed by atoms with Gasteiger partial charge in [0, 0.05) is 20.9 Å². The van der Waals surface area contributed by atoms with E-state index in [9.17, 15) is 19.8 Å². The standard InChI is InChI=1S/2C16H21ClO5/c2*1-15(2,3)13-20-9-16(4,19)14(22-13)21-12(18)10-6-5-7-11(17)8-10/h2*5-8,13-14,19H,9H2,1-4H3/t2*13-,14+,16-/m00/s1. The lowest BCUT2D eigenvalue weighted by molar-refractivity contribution is -0.358. The van der Waals surface area contributed by atoms with E-state index in [1.807, 2.05) is 41.5 Å². The van der Waals surface area contributed by atoms with E-state index < -0.39 is 48.3 Å². The van der Waals surface area contributed by atoms with E-state index >= 15 is 0 Å². The first kappa shape index (κ1) is 36.2. The summed E-state index contributed by atoms with van der Waals surface area (Å²) in [6, 6.07) is 12.8. The van der Waals surface area contributed by atoms with Crippen molar-refractivity contribution in [2.24, 2.45) is 10.8 Å². The zero-order valence-electron chi connectivity index (χ0n) is 26.3. The maximum Gasteiger partial charge on any atom is 0.340 e. The molecule has 10 nitrogen and oxygen atoms in total. The number of benzene rings is 2. The van der Waals surface area contributed by atoms with Crippen LogP contribution in [0.2, 0.25) is 10.0 Å². The van der Waals surface area contributed by atoms with Crippen LogP contribution in [0.15, 0.2) is 48.5 Å². The van der Waals surface area contributed by atoms with Crippen LogP contribution < -0.4 is 0 Å². The molecule has 2 fully saturated rings. The molecule has 2 saturated heterocycles. The number of hydrogen-bond donors (Lipinski definition) is 2. The first-order valence-corrected chi connectivity index (χ1v) is 14.9. The zero-order valence-corrected chi connectivity index (χ0v) is 27.8. The zero-order chi connectivity index (χ0) is 33.1. The van der Waals surface area contributed by atoms with Gasteiger partial charge in [0.15, 0.2) is 12.6 Å². The Balaban J connectivity index is 0.000000240. The van der Waals surface area contributed by atoms with Crippen molar-refractivity contribution in [1.29, 1.82) is 0 Å². The second kappa shape index (κ2) is 14.0. The van der Waals surface area contributed by atoms with Crippen LogP contribution in [0.5, 0.6) is 0 Å². The molecular formula is C32H42Cl2O10. The molecule has 2 aliphatic rings. The molecule has 0 amide bonds. The summed E-state index contributed by atoms with van der Waals surface area (Å²) in [6.45, 7) is 14.7. The fraction of sp³-hybridized carbons (Fsp3) is 0.562. The summed E-state index contributed by atoms with van der Waals surface area (Å²) in [5.41, 5.74) is -2.86. The monoisotopic (exact) mass is 656 g/mol. The number of ether oxygens (including phenoxy) is 6. The van der Waals surface area contributed by atoms with Gasteiger partial charge < -0.3 is 38.6 Å². The maximum absolute atomic E-state index is 12.2. The van der Waals surface area contributed by atoms with Gasteiger partial charge >= 0.3 is 11.9 Å². The number of hydrogen-bond acceptors (Lipinski definition) is 10. The molecule has 0 spiro atoms. The second-order valence-corrected chi connectivity index (χ2v) is 14.4. The lowest BCUT2D eigenvalue weighted by Gasteiger charge is -2.43. The lowest BCUT2D eigenvalue weighted by Crippen LogP contribution is -2.56. The summed E-state index contributed by atoms with van der Waals surface area (Å²) < 4.78 is 32.9. The summed E-state index contributed by atoms with van der Waals surface area (Å²) in [6.07, 6.45) is -3.39. The number of rotatable bonds is 4. The first-order valence-electron chi connectivity index (χ1n) is 14.1. The van der Waals surface area contributed by atoms with Gasteiger partial charge in [-0.2, -0.15) is 0 Å². The number of carbonyl (C=O) groups excluding carboxylic acids is 2. The Kier molecular flexibility index (Phi) is 11.5. The number of halogens is 2. The summed E-state index contributed by atoms with van der Waals surface area (Å²) >= 11 is 11.7. The Hall–Kier alpha value is -2.28. The fourth-order valence-electron chi connectivity index (χ4n) is 4.00. The average Bonchev–Trinajstić information content (AvgIpc) is 2.90. The highest BCUT2D eigenvalue weighted by molar-refractivity contribution is 6.31. The van der Waals surface area contributed by atoms with Crippen LogP contribution in [0.1, 0.15) is 76.1 Å². The van der Waals surface area contributed by atoms with E-state index in [4.69, 9.17) is 51.6 Å². The molecule has 0 aromatic heterocycles. The summed E-state index contributed by atoms with van der Waals surface area (Å²) in [4.78, 5) is 24.4. The van der Waals surface area contributed by atoms with Crippen LogP contribution in [0.25, 0.3) is 0 Å². The van der Waals surface area contributed by atoms with E-state index in [1.165, 1.54) is 26.0 Å². The van der Waals surface area contributed by atoms with Crippen LogP contribution in [-0.4, -0.2) is 71.7 Å². The molecule has 6 atom stereocenters. The van der Waals surface area contributed by atoms with Crippen molar-refractivity contribution in [3.05, 3.63) is 69.7 Å². The van der Waals surface area contributed by atoms with Crippen LogP contribution in [-0.2, 0) is 28.4 Å². The number of carbonyl (C=O) groups is 2. The van der Waals surface area contributed by atoms with E-state index in [2.05, 4.69) is 0 Å². The van der Waals surface area contributed by atoms with Crippen molar-refractivity contribution in [2.75, 3.05) is 13.2 Å². The summed E-state index contributed by atoms with van der Waals surface area (Å²) in [7, 11) is 0. The Labute approximate surface area is 268 Å². The SMILES string of the molecule is CC(C)(C)[C@H]1OC[C@](C)(O)[C@H](OC(=O)c2cccc(Cl)c2)O1.CC(C)(C)[C@H]1OC[C@](C)(O)[C@H](OC(=O)c2cccc(Cl)c2)O1. The second-order valence-electron chi connectivity index (χ2n) is 13.5. The summed E-state index contributed by atoms with van der Waals surface area (Å²) in [5, 5.41) is 21.5. The minimum Gasteiger partial charge on any atom is -0.429 e. The molecule has 2 heterocycles. The molecule has 2 aromatic rings. The normalized spacial score (nSPS) is 29.2. The topological polar surface area (TPSA) is 130 Å². The van der Waals surface area contributed by atoms with E-state index in [1.54, 1.807) is 36.4 Å². The van der Waals surface area contributed by atoms with Crippen molar-refractivity contribution in [3.8, 4) is 0 Å². The van der Waals surface area contributed by atoms with Gasteiger partial charge in [0.1, 0.15) is 11.2 Å². The average molecular weight is 658 g/mol. The Morgan fingerprint density at radius 3 is 1.36 bits per heavy atom. The molecule has 244 valence electrons. The van der Waals surface area contributed by atoms with E-state index in [0.29, 0.717) is 21.2 Å². The molecule has 0 aliphatic carbocycles. The molecule has 0 radical (unpaired) electrons. The predicted molar refractivity (Wildman–Crippen MR) is 163 cm³/mol. The molecule has 12 heteroatoms. The lowest BCUT2D eigenvalue weighted by atomic mass is 9.94. The Morgan fingerprint density at radius 1 is 0.727 bits per heavy atom. The highest BCUT2D eigenvalue weighted by atomic mass is 35.5. The van der Waals surface area contributed by atoms with Gasteiger partial charge in [-0.1, -0.05) is 76.9 Å². The molecule has 2 aromatic carbocycles. The quantitative estimate of drug-likeness (QED) is 0.379. The Morgan fingerprint density at radius 2 is 1.07 bits per heavy atom. The highest BCUT2D eigenvalue weighted by Gasteiger charge is 2.47. The van der Waals surface area contributed by atoms with Gasteiger partial charge in [0.2, 0.25) is 12.6 Å². The Bertz CT molecular complexity index is 1200. The molecule has 0 unspecified atom stereocenters. The highest BCUT2D eigenvalue weighted by Crippen LogP contribution is 2.34. The van der Waals surface area contributed by atoms with Gasteiger partial charge in [-0.3, -0.25) is 0 Å². The molecule has 2 N–H and O–H groups in total. The molecule has 4 rings (SSSR count). The minimum atomic E-state index is -1.42. The molecule has 0 bridgehead atoms. The van der Waals surface area contributed by atoms with Gasteiger partial charge in [-0.05, 0) is 50.2 Å². The third-order valence-corrected chi connectivity index (χ3v) is 7.00. The number of esters is 2. The molecule has 44 heavy (non-hydrogen) atoms. The van der Waals surface area contributed by atoms with E-state index in [-0.39, 0.29) is 24.0 Å². The molecular weight excluding hydrogens is 615 g/mol. The van der Waals surface area contributed by atoms with Crippen LogP contribution in [0.3, 0.4) is 0 Å². The third-order valence-electron chi connectivity index (χ3n) is 6.53. The van der Waals surface area contributed by atoms with Crippen LogP contribution in [0, 0.1) is 10.8 Å². The molecule has 0 saturated carbocycles. The van der Waals surface area contributed by atoms with Gasteiger partial charge in [-0.15, -0.1) is 0 Å². The largest absolute Gasteiger partial charge is 0.429 e. The predicted octanol–water partition coefficient (Wildman–Crippen LogP) is 5.99.